The van der Waals surface area contributed by atoms with E-state index in [-0.39, 0.29) is 0 Å². The molecule has 0 aromatic rings. The lowest BCUT2D eigenvalue weighted by atomic mass is 10.00. The number of nitrogens with zero attached hydrogens (tertiary/aromatic N) is 1. The van der Waals surface area contributed by atoms with E-state index in [1.165, 1.54) is 19.5 Å². The molecule has 2 heteroatoms. The first-order chi connectivity index (χ1) is 3.88. The second kappa shape index (κ2) is 1.45. The van der Waals surface area contributed by atoms with Crippen LogP contribution in [-0.4, -0.2) is 37.1 Å². The molecule has 8 heavy (non-hydrogen) atoms. The Labute approximate surface area is 49.9 Å². The van der Waals surface area contributed by atoms with E-state index in [0.717, 1.165) is 12.1 Å². The fourth-order valence-electron chi connectivity index (χ4n) is 1.78. The van der Waals surface area contributed by atoms with Crippen molar-refractivity contribution >= 4 is 0 Å². The van der Waals surface area contributed by atoms with Crippen molar-refractivity contribution in [3.8, 4) is 0 Å². The zero-order valence-corrected chi connectivity index (χ0v) is 5.22. The van der Waals surface area contributed by atoms with Crippen LogP contribution in [0.4, 0.5) is 0 Å². The van der Waals surface area contributed by atoms with Gasteiger partial charge in [-0.3, -0.25) is 0 Å². The summed E-state index contributed by atoms with van der Waals surface area (Å²) in [6, 6.07) is 1.73. The normalized spacial score (nSPS) is 46.1. The summed E-state index contributed by atoms with van der Waals surface area (Å²) in [6.45, 7) is 2.50. The first-order valence-electron chi connectivity index (χ1n) is 3.31. The van der Waals surface area contributed by atoms with Gasteiger partial charge in [0.15, 0.2) is 0 Å². The van der Waals surface area contributed by atoms with Crippen molar-refractivity contribution in [2.24, 2.45) is 0 Å². The summed E-state index contributed by atoms with van der Waals surface area (Å²) in [7, 11) is 2.20. The van der Waals surface area contributed by atoms with Gasteiger partial charge in [-0.2, -0.15) is 0 Å². The molecule has 0 aromatic heterocycles. The van der Waals surface area contributed by atoms with Crippen LogP contribution in [0.25, 0.3) is 0 Å². The van der Waals surface area contributed by atoms with Crippen LogP contribution in [0.5, 0.6) is 0 Å². The summed E-state index contributed by atoms with van der Waals surface area (Å²) >= 11 is 0. The van der Waals surface area contributed by atoms with Crippen LogP contribution in [0.2, 0.25) is 0 Å². The molecule has 1 N–H and O–H groups in total. The van der Waals surface area contributed by atoms with Gasteiger partial charge in [0.05, 0.1) is 0 Å². The van der Waals surface area contributed by atoms with Crippen LogP contribution in [0.15, 0.2) is 0 Å². The van der Waals surface area contributed by atoms with Crippen molar-refractivity contribution in [3.05, 3.63) is 0 Å². The van der Waals surface area contributed by atoms with E-state index in [9.17, 15) is 0 Å². The van der Waals surface area contributed by atoms with Crippen LogP contribution >= 0.6 is 0 Å². The van der Waals surface area contributed by atoms with Crippen molar-refractivity contribution in [2.75, 3.05) is 20.1 Å². The molecule has 0 spiro atoms. The van der Waals surface area contributed by atoms with Gasteiger partial charge in [-0.25, -0.2) is 0 Å². The topological polar surface area (TPSA) is 15.3 Å². The number of fused-ring (bicyclic) bond motifs is 1. The van der Waals surface area contributed by atoms with Crippen LogP contribution in [0.1, 0.15) is 6.42 Å². The molecule has 0 aliphatic carbocycles. The lowest BCUT2D eigenvalue weighted by Gasteiger charge is -2.41. The van der Waals surface area contributed by atoms with E-state index in [1.807, 2.05) is 0 Å². The highest BCUT2D eigenvalue weighted by molar-refractivity contribution is 4.99. The lowest BCUT2D eigenvalue weighted by molar-refractivity contribution is 0.106. The summed E-state index contributed by atoms with van der Waals surface area (Å²) in [5, 5.41) is 3.44. The molecule has 2 rings (SSSR count). The maximum absolute atomic E-state index is 3.44. The molecule has 0 bridgehead atoms. The highest BCUT2D eigenvalue weighted by Gasteiger charge is 2.38. The molecule has 2 aliphatic heterocycles. The first kappa shape index (κ1) is 4.77. The fourth-order valence-corrected chi connectivity index (χ4v) is 1.78. The van der Waals surface area contributed by atoms with Crippen molar-refractivity contribution < 1.29 is 0 Å². The highest BCUT2D eigenvalue weighted by atomic mass is 15.3. The zero-order valence-electron chi connectivity index (χ0n) is 5.22. The summed E-state index contributed by atoms with van der Waals surface area (Å²) in [4.78, 5) is 2.42. The minimum Gasteiger partial charge on any atom is -0.311 e. The van der Waals surface area contributed by atoms with Crippen LogP contribution in [0, 0.1) is 0 Å². The zero-order chi connectivity index (χ0) is 5.56. The molecule has 2 aliphatic rings. The Balaban J connectivity index is 2.02. The molecule has 2 atom stereocenters. The predicted molar refractivity (Wildman–Crippen MR) is 32.8 cm³/mol. The highest BCUT2D eigenvalue weighted by Crippen LogP contribution is 2.22. The minimum absolute atomic E-state index is 0.847. The van der Waals surface area contributed by atoms with Crippen LogP contribution < -0.4 is 5.32 Å². The third-order valence-electron chi connectivity index (χ3n) is 2.36. The molecule has 0 amide bonds. The third kappa shape index (κ3) is 0.446. The molecule has 2 fully saturated rings. The quantitative estimate of drug-likeness (QED) is 0.461. The van der Waals surface area contributed by atoms with Crippen molar-refractivity contribution in [2.45, 2.75) is 18.5 Å². The Kier molecular flexibility index (Phi) is 0.866. The summed E-state index contributed by atoms with van der Waals surface area (Å²) in [6.07, 6.45) is 1.36. The second-order valence-corrected chi connectivity index (χ2v) is 2.86. The maximum Gasteiger partial charge on any atom is 0.0351 e. The number of hydrogen-bond acceptors (Lipinski definition) is 2. The molecule has 0 aromatic carbocycles. The second-order valence-electron chi connectivity index (χ2n) is 2.86. The van der Waals surface area contributed by atoms with Gasteiger partial charge in [-0.15, -0.1) is 0 Å². The first-order valence-corrected chi connectivity index (χ1v) is 3.31. The molecule has 0 saturated carbocycles. The van der Waals surface area contributed by atoms with Crippen molar-refractivity contribution in [1.29, 1.82) is 0 Å². The third-order valence-corrected chi connectivity index (χ3v) is 2.36. The molecule has 46 valence electrons. The SMILES string of the molecule is CN1CC2NCC[C@H]21. The Morgan fingerprint density at radius 2 is 2.50 bits per heavy atom. The van der Waals surface area contributed by atoms with Gasteiger partial charge in [0.25, 0.3) is 0 Å². The van der Waals surface area contributed by atoms with Gasteiger partial charge in [0.2, 0.25) is 0 Å². The average molecular weight is 112 g/mol. The molecular weight excluding hydrogens is 100 g/mol. The standard InChI is InChI=1S/C6H12N2/c1-8-4-5-6(8)2-3-7-5/h5-7H,2-4H2,1H3/t5?,6-/m1/s1. The van der Waals surface area contributed by atoms with E-state index < -0.39 is 0 Å². The van der Waals surface area contributed by atoms with E-state index in [2.05, 4.69) is 17.3 Å². The smallest absolute Gasteiger partial charge is 0.0351 e. The molecule has 0 radical (unpaired) electrons. The monoisotopic (exact) mass is 112 g/mol. The average Bonchev–Trinajstić information content (AvgIpc) is 2.09. The summed E-state index contributed by atoms with van der Waals surface area (Å²) < 4.78 is 0. The van der Waals surface area contributed by atoms with Gasteiger partial charge in [0, 0.05) is 18.6 Å². The number of likely N-dealkylation sites (N-methyl/N-ethyl adjacent to an activating group) is 1. The summed E-state index contributed by atoms with van der Waals surface area (Å²) in [5.41, 5.74) is 0. The van der Waals surface area contributed by atoms with Gasteiger partial charge in [-0.1, -0.05) is 0 Å². The maximum atomic E-state index is 3.44. The predicted octanol–water partition coefficient (Wildman–Crippen LogP) is -0.338. The van der Waals surface area contributed by atoms with Crippen LogP contribution in [-0.2, 0) is 0 Å². The Hall–Kier alpha value is -0.0800. The largest absolute Gasteiger partial charge is 0.311 e. The molecular formula is C6H12N2. The van der Waals surface area contributed by atoms with Gasteiger partial charge >= 0.3 is 0 Å². The number of rotatable bonds is 0. The number of likely N-dealkylation sites (tertiary alicyclic amines) is 1. The number of nitrogens with one attached hydrogen (secondary N) is 1. The van der Waals surface area contributed by atoms with E-state index in [4.69, 9.17) is 0 Å². The van der Waals surface area contributed by atoms with E-state index in [0.29, 0.717) is 0 Å². The van der Waals surface area contributed by atoms with Gasteiger partial charge in [0.1, 0.15) is 0 Å². The Morgan fingerprint density at radius 1 is 1.62 bits per heavy atom. The van der Waals surface area contributed by atoms with E-state index >= 15 is 0 Å². The summed E-state index contributed by atoms with van der Waals surface area (Å²) in [5.74, 6) is 0. The van der Waals surface area contributed by atoms with Crippen molar-refractivity contribution in [3.63, 3.8) is 0 Å². The van der Waals surface area contributed by atoms with Gasteiger partial charge in [-0.05, 0) is 20.0 Å². The molecule has 2 saturated heterocycles. The van der Waals surface area contributed by atoms with Gasteiger partial charge < -0.3 is 10.2 Å². The Morgan fingerprint density at radius 3 is 3.00 bits per heavy atom. The fraction of sp³-hybridized carbons (Fsp3) is 1.00. The van der Waals surface area contributed by atoms with Crippen molar-refractivity contribution in [1.82, 2.24) is 10.2 Å². The Bertz CT molecular complexity index is 103. The minimum atomic E-state index is 0.847. The number of hydrogen-bond donors (Lipinski definition) is 1. The van der Waals surface area contributed by atoms with Crippen LogP contribution in [0.3, 0.4) is 0 Å². The molecule has 1 unspecified atom stereocenters. The van der Waals surface area contributed by atoms with E-state index in [1.54, 1.807) is 0 Å². The molecule has 2 heterocycles. The lowest BCUT2D eigenvalue weighted by Crippen LogP contribution is -2.58. The molecule has 2 nitrogen and oxygen atoms in total.